The molecule has 1 saturated heterocycles. The molecule has 0 bridgehead atoms. The number of halogens is 2. The maximum absolute atomic E-state index is 12.7. The van der Waals surface area contributed by atoms with Gasteiger partial charge in [0.25, 0.3) is 0 Å². The molecule has 14 heteroatoms. The van der Waals surface area contributed by atoms with Crippen LogP contribution in [0.15, 0.2) is 45.3 Å². The number of hydrogen-bond donors (Lipinski definition) is 6. The van der Waals surface area contributed by atoms with Crippen LogP contribution in [0.2, 0.25) is 0 Å². The van der Waals surface area contributed by atoms with Crippen LogP contribution in [0.3, 0.4) is 0 Å². The summed E-state index contributed by atoms with van der Waals surface area (Å²) in [5, 5.41) is 54.2. The van der Waals surface area contributed by atoms with Crippen molar-refractivity contribution in [3.05, 3.63) is 45.3 Å². The molecule has 0 radical (unpaired) electrons. The predicted octanol–water partition coefficient (Wildman–Crippen LogP) is 2.02. The number of aromatic nitrogens is 1. The standard InChI is InChI=1S/C24H24Br2N2O9S/c1-10(30)27-18-15(31)8-24(23(34)35,37-21(18)19(33)16(32)9-29)36-20-12(6-11(25)7-13(20)26)22-28-14-4-2-3-5-17(14)38-22/h2-7,15-16,18-19,21,29,31-33H,8-9H2,1H3,(H,27,30)(H,34,35)/t15-,16+,18+,19+,21+,24+/m0/s1. The molecule has 0 unspecified atom stereocenters. The summed E-state index contributed by atoms with van der Waals surface area (Å²) in [5.74, 6) is -4.74. The van der Waals surface area contributed by atoms with E-state index in [1.165, 1.54) is 11.3 Å². The molecule has 4 rings (SSSR count). The first kappa shape index (κ1) is 28.8. The number of benzene rings is 2. The van der Waals surface area contributed by atoms with Gasteiger partial charge < -0.3 is 40.3 Å². The van der Waals surface area contributed by atoms with E-state index in [4.69, 9.17) is 9.47 Å². The minimum Gasteiger partial charge on any atom is -0.476 e. The molecule has 0 spiro atoms. The van der Waals surface area contributed by atoms with Crippen LogP contribution in [0, 0.1) is 0 Å². The number of nitrogens with one attached hydrogen (secondary N) is 1. The molecule has 2 aromatic carbocycles. The van der Waals surface area contributed by atoms with Gasteiger partial charge in [0.15, 0.2) is 0 Å². The van der Waals surface area contributed by atoms with Crippen molar-refractivity contribution in [3.8, 4) is 16.3 Å². The number of nitrogens with zero attached hydrogens (tertiary/aromatic N) is 1. The van der Waals surface area contributed by atoms with Gasteiger partial charge in [-0.2, -0.15) is 0 Å². The number of ether oxygens (including phenoxy) is 2. The molecule has 6 N–H and O–H groups in total. The zero-order valence-electron chi connectivity index (χ0n) is 19.7. The monoisotopic (exact) mass is 674 g/mol. The molecule has 38 heavy (non-hydrogen) atoms. The van der Waals surface area contributed by atoms with E-state index in [0.717, 1.165) is 17.1 Å². The zero-order chi connectivity index (χ0) is 27.8. The van der Waals surface area contributed by atoms with Crippen LogP contribution in [0.1, 0.15) is 13.3 Å². The second-order valence-electron chi connectivity index (χ2n) is 8.73. The average molecular weight is 676 g/mol. The van der Waals surface area contributed by atoms with Crippen molar-refractivity contribution < 1.29 is 44.6 Å². The molecule has 2 heterocycles. The Balaban J connectivity index is 1.81. The van der Waals surface area contributed by atoms with Gasteiger partial charge in [-0.3, -0.25) is 4.79 Å². The smallest absolute Gasteiger partial charge is 0.377 e. The minimum absolute atomic E-state index is 0.0378. The highest BCUT2D eigenvalue weighted by Crippen LogP contribution is 2.45. The summed E-state index contributed by atoms with van der Waals surface area (Å²) < 4.78 is 13.7. The lowest BCUT2D eigenvalue weighted by atomic mass is 9.88. The highest BCUT2D eigenvalue weighted by Gasteiger charge is 2.57. The lowest BCUT2D eigenvalue weighted by Crippen LogP contribution is -2.68. The van der Waals surface area contributed by atoms with E-state index in [2.05, 4.69) is 42.2 Å². The van der Waals surface area contributed by atoms with Gasteiger partial charge in [-0.05, 0) is 40.2 Å². The third kappa shape index (κ3) is 5.72. The lowest BCUT2D eigenvalue weighted by molar-refractivity contribution is -0.284. The number of carbonyl (C=O) groups excluding carboxylic acids is 1. The first-order valence-corrected chi connectivity index (χ1v) is 13.7. The summed E-state index contributed by atoms with van der Waals surface area (Å²) in [6.07, 6.45) is -7.53. The minimum atomic E-state index is -2.56. The van der Waals surface area contributed by atoms with Crippen molar-refractivity contribution in [3.63, 3.8) is 0 Å². The molecule has 1 amide bonds. The van der Waals surface area contributed by atoms with Crippen molar-refractivity contribution in [2.24, 2.45) is 0 Å². The number of rotatable bonds is 8. The number of amides is 1. The number of carbonyl (C=O) groups is 2. The van der Waals surface area contributed by atoms with E-state index < -0.39 is 61.1 Å². The van der Waals surface area contributed by atoms with E-state index >= 15 is 0 Å². The lowest BCUT2D eigenvalue weighted by Gasteiger charge is -2.46. The Labute approximate surface area is 237 Å². The van der Waals surface area contributed by atoms with Gasteiger partial charge in [-0.1, -0.05) is 28.1 Å². The maximum atomic E-state index is 12.7. The molecule has 1 aromatic heterocycles. The van der Waals surface area contributed by atoms with Gasteiger partial charge in [0.1, 0.15) is 29.1 Å². The third-order valence-corrected chi connectivity index (χ3v) is 8.10. The fourth-order valence-corrected chi connectivity index (χ4v) is 6.49. The molecule has 1 aliphatic heterocycles. The Kier molecular flexibility index (Phi) is 8.74. The van der Waals surface area contributed by atoms with Crippen LogP contribution in [0.25, 0.3) is 20.8 Å². The van der Waals surface area contributed by atoms with Crippen molar-refractivity contribution in [1.29, 1.82) is 0 Å². The van der Waals surface area contributed by atoms with Gasteiger partial charge in [-0.15, -0.1) is 11.3 Å². The van der Waals surface area contributed by atoms with Crippen molar-refractivity contribution >= 4 is 65.3 Å². The summed E-state index contributed by atoms with van der Waals surface area (Å²) in [6.45, 7) is 0.280. The molecule has 1 fully saturated rings. The highest BCUT2D eigenvalue weighted by atomic mass is 79.9. The van der Waals surface area contributed by atoms with E-state index in [9.17, 15) is 35.1 Å². The molecule has 1 aliphatic rings. The largest absolute Gasteiger partial charge is 0.476 e. The number of carboxylic acid groups (broad SMARTS) is 1. The van der Waals surface area contributed by atoms with Gasteiger partial charge in [0, 0.05) is 11.4 Å². The van der Waals surface area contributed by atoms with Crippen LogP contribution in [-0.4, -0.2) is 85.2 Å². The number of carboxylic acids is 1. The molecular weight excluding hydrogens is 652 g/mol. The highest BCUT2D eigenvalue weighted by molar-refractivity contribution is 9.11. The second kappa shape index (κ2) is 11.5. The van der Waals surface area contributed by atoms with Gasteiger partial charge >= 0.3 is 11.8 Å². The fraction of sp³-hybridized carbons (Fsp3) is 0.375. The average Bonchev–Trinajstić information content (AvgIpc) is 3.30. The molecular formula is C24H24Br2N2O9S. The van der Waals surface area contributed by atoms with Gasteiger partial charge in [0.2, 0.25) is 5.91 Å². The number of aliphatic hydroxyl groups is 4. The summed E-state index contributed by atoms with van der Waals surface area (Å²) in [6, 6.07) is 9.45. The second-order valence-corrected chi connectivity index (χ2v) is 11.5. The van der Waals surface area contributed by atoms with Gasteiger partial charge in [-0.25, -0.2) is 9.78 Å². The van der Waals surface area contributed by atoms with Crippen LogP contribution in [-0.2, 0) is 14.3 Å². The van der Waals surface area contributed by atoms with Crippen LogP contribution < -0.4 is 10.1 Å². The van der Waals surface area contributed by atoms with Crippen molar-refractivity contribution in [2.75, 3.05) is 6.61 Å². The normalized spacial score (nSPS) is 25.1. The van der Waals surface area contributed by atoms with E-state index in [1.807, 2.05) is 24.3 Å². The number of para-hydroxylation sites is 1. The molecule has 204 valence electrons. The summed E-state index contributed by atoms with van der Waals surface area (Å²) in [4.78, 5) is 29.1. The predicted molar refractivity (Wildman–Crippen MR) is 144 cm³/mol. The Morgan fingerprint density at radius 1 is 1.29 bits per heavy atom. The molecule has 0 aliphatic carbocycles. The van der Waals surface area contributed by atoms with Crippen LogP contribution >= 0.6 is 43.2 Å². The Morgan fingerprint density at radius 2 is 2.00 bits per heavy atom. The van der Waals surface area contributed by atoms with E-state index in [-0.39, 0.29) is 5.75 Å². The van der Waals surface area contributed by atoms with Crippen LogP contribution in [0.5, 0.6) is 5.75 Å². The van der Waals surface area contributed by atoms with Crippen molar-refractivity contribution in [2.45, 2.75) is 49.6 Å². The Morgan fingerprint density at radius 3 is 2.63 bits per heavy atom. The SMILES string of the molecule is CC(=O)N[C@H]1[C@H]([C@H](O)[C@H](O)CO)O[C@@](Oc2c(Br)cc(Br)cc2-c2nc3ccccc3s2)(C(=O)O)C[C@@H]1O. The molecule has 3 aromatic rings. The summed E-state index contributed by atoms with van der Waals surface area (Å²) >= 11 is 8.19. The quantitative estimate of drug-likeness (QED) is 0.207. The van der Waals surface area contributed by atoms with Crippen molar-refractivity contribution in [1.82, 2.24) is 10.3 Å². The summed E-state index contributed by atoms with van der Waals surface area (Å²) in [5.41, 5.74) is 1.15. The fourth-order valence-electron chi connectivity index (χ4n) is 4.21. The molecule has 6 atom stereocenters. The van der Waals surface area contributed by atoms with Crippen LogP contribution in [0.4, 0.5) is 0 Å². The third-order valence-electron chi connectivity index (χ3n) is 5.99. The number of hydrogen-bond acceptors (Lipinski definition) is 10. The van der Waals surface area contributed by atoms with E-state index in [1.54, 1.807) is 12.1 Å². The number of thiazole rings is 1. The Hall–Kier alpha value is -2.17. The number of aliphatic hydroxyl groups excluding tert-OH is 4. The zero-order valence-corrected chi connectivity index (χ0v) is 23.7. The number of fused-ring (bicyclic) bond motifs is 1. The van der Waals surface area contributed by atoms with Gasteiger partial charge in [0.05, 0.1) is 45.4 Å². The molecule has 11 nitrogen and oxygen atoms in total. The summed E-state index contributed by atoms with van der Waals surface area (Å²) in [7, 11) is 0. The topological polar surface area (TPSA) is 179 Å². The Bertz CT molecular complexity index is 1320. The maximum Gasteiger partial charge on any atom is 0.377 e. The number of aliphatic carboxylic acids is 1. The first-order chi connectivity index (χ1) is 18.0. The molecule has 0 saturated carbocycles. The first-order valence-electron chi connectivity index (χ1n) is 11.3. The van der Waals surface area contributed by atoms with E-state index in [0.29, 0.717) is 19.5 Å².